The van der Waals surface area contributed by atoms with Crippen LogP contribution < -0.4 is 5.73 Å². The molecule has 4 nitrogen and oxygen atoms in total. The minimum Gasteiger partial charge on any atom is -0.469 e. The Morgan fingerprint density at radius 2 is 2.50 bits per heavy atom. The topological polar surface area (TPSA) is 65.5 Å². The van der Waals surface area contributed by atoms with Crippen LogP contribution in [0.5, 0.6) is 0 Å². The Hall–Kier alpha value is -1.29. The number of carbonyl (C=O) groups excluding carboxylic acids is 1. The summed E-state index contributed by atoms with van der Waals surface area (Å²) >= 11 is 0. The standard InChI is InChI=1S/C10H13NO3/c1-13-10(12)7-4-6-2-3-14-9(6)8(11)5-7/h2-3,7-8H,4-5,11H2,1H3. The zero-order valence-corrected chi connectivity index (χ0v) is 8.03. The molecule has 76 valence electrons. The van der Waals surface area contributed by atoms with Gasteiger partial charge in [-0.15, -0.1) is 0 Å². The average Bonchev–Trinajstić information content (AvgIpc) is 2.64. The quantitative estimate of drug-likeness (QED) is 0.679. The van der Waals surface area contributed by atoms with Crippen molar-refractivity contribution in [1.29, 1.82) is 0 Å². The molecule has 2 N–H and O–H groups in total. The van der Waals surface area contributed by atoms with Crippen LogP contribution >= 0.6 is 0 Å². The van der Waals surface area contributed by atoms with Crippen LogP contribution in [0.25, 0.3) is 0 Å². The van der Waals surface area contributed by atoms with Crippen LogP contribution in [-0.2, 0) is 16.0 Å². The van der Waals surface area contributed by atoms with E-state index in [2.05, 4.69) is 0 Å². The number of ether oxygens (including phenoxy) is 1. The van der Waals surface area contributed by atoms with E-state index in [1.54, 1.807) is 6.26 Å². The lowest BCUT2D eigenvalue weighted by molar-refractivity contribution is -0.146. The van der Waals surface area contributed by atoms with Crippen molar-refractivity contribution in [3.05, 3.63) is 23.7 Å². The van der Waals surface area contributed by atoms with Gasteiger partial charge in [-0.2, -0.15) is 0 Å². The Kier molecular flexibility index (Phi) is 2.29. The van der Waals surface area contributed by atoms with Crippen molar-refractivity contribution in [3.63, 3.8) is 0 Å². The number of methoxy groups -OCH3 is 1. The van der Waals surface area contributed by atoms with Gasteiger partial charge in [0, 0.05) is 0 Å². The van der Waals surface area contributed by atoms with Crippen LogP contribution in [0.15, 0.2) is 16.7 Å². The highest BCUT2D eigenvalue weighted by Gasteiger charge is 2.31. The molecule has 1 heterocycles. The molecule has 1 aliphatic carbocycles. The van der Waals surface area contributed by atoms with Crippen molar-refractivity contribution in [2.75, 3.05) is 7.11 Å². The average molecular weight is 195 g/mol. The molecule has 0 aliphatic heterocycles. The van der Waals surface area contributed by atoms with E-state index < -0.39 is 0 Å². The second-order valence-electron chi connectivity index (χ2n) is 3.58. The Labute approximate surface area is 82.0 Å². The highest BCUT2D eigenvalue weighted by molar-refractivity contribution is 5.73. The molecule has 2 rings (SSSR count). The fourth-order valence-electron chi connectivity index (χ4n) is 1.95. The molecule has 2 unspecified atom stereocenters. The smallest absolute Gasteiger partial charge is 0.309 e. The van der Waals surface area contributed by atoms with E-state index >= 15 is 0 Å². The van der Waals surface area contributed by atoms with E-state index in [9.17, 15) is 4.79 Å². The molecule has 0 amide bonds. The van der Waals surface area contributed by atoms with Crippen molar-refractivity contribution >= 4 is 5.97 Å². The number of esters is 1. The van der Waals surface area contributed by atoms with E-state index in [1.165, 1.54) is 7.11 Å². The number of nitrogens with two attached hydrogens (primary N) is 1. The molecule has 0 aromatic carbocycles. The lowest BCUT2D eigenvalue weighted by Gasteiger charge is -2.23. The third-order valence-electron chi connectivity index (χ3n) is 2.66. The molecule has 1 aromatic heterocycles. The van der Waals surface area contributed by atoms with E-state index in [0.29, 0.717) is 12.8 Å². The third kappa shape index (κ3) is 1.42. The fourth-order valence-corrected chi connectivity index (χ4v) is 1.95. The highest BCUT2D eigenvalue weighted by atomic mass is 16.5. The molecule has 0 saturated heterocycles. The molecular formula is C10H13NO3. The van der Waals surface area contributed by atoms with Crippen LogP contribution in [0.4, 0.5) is 0 Å². The van der Waals surface area contributed by atoms with Crippen molar-refractivity contribution in [1.82, 2.24) is 0 Å². The van der Waals surface area contributed by atoms with Gasteiger partial charge in [0.2, 0.25) is 0 Å². The summed E-state index contributed by atoms with van der Waals surface area (Å²) in [4.78, 5) is 11.3. The zero-order chi connectivity index (χ0) is 10.1. The maximum absolute atomic E-state index is 11.3. The molecule has 1 aromatic rings. The van der Waals surface area contributed by atoms with E-state index in [0.717, 1.165) is 11.3 Å². The van der Waals surface area contributed by atoms with Crippen LogP contribution in [0.1, 0.15) is 23.8 Å². The fraction of sp³-hybridized carbons (Fsp3) is 0.500. The lowest BCUT2D eigenvalue weighted by Crippen LogP contribution is -2.28. The van der Waals surface area contributed by atoms with Gasteiger partial charge in [-0.25, -0.2) is 0 Å². The van der Waals surface area contributed by atoms with Gasteiger partial charge in [0.1, 0.15) is 5.76 Å². The largest absolute Gasteiger partial charge is 0.469 e. The highest BCUT2D eigenvalue weighted by Crippen LogP contribution is 2.32. The number of hydrogen-bond acceptors (Lipinski definition) is 4. The molecule has 0 fully saturated rings. The first-order chi connectivity index (χ1) is 6.72. The van der Waals surface area contributed by atoms with Gasteiger partial charge in [-0.3, -0.25) is 4.79 Å². The van der Waals surface area contributed by atoms with Crippen LogP contribution in [0, 0.1) is 5.92 Å². The molecular weight excluding hydrogens is 182 g/mol. The van der Waals surface area contributed by atoms with Crippen molar-refractivity contribution < 1.29 is 13.9 Å². The van der Waals surface area contributed by atoms with Gasteiger partial charge in [0.15, 0.2) is 0 Å². The van der Waals surface area contributed by atoms with E-state index in [-0.39, 0.29) is 17.9 Å². The summed E-state index contributed by atoms with van der Waals surface area (Å²) < 4.78 is 9.96. The number of furan rings is 1. The maximum Gasteiger partial charge on any atom is 0.309 e. The summed E-state index contributed by atoms with van der Waals surface area (Å²) in [5.74, 6) is 0.498. The number of fused-ring (bicyclic) bond motifs is 1. The summed E-state index contributed by atoms with van der Waals surface area (Å²) in [5, 5.41) is 0. The van der Waals surface area contributed by atoms with E-state index in [1.807, 2.05) is 6.07 Å². The number of carbonyl (C=O) groups is 1. The Morgan fingerprint density at radius 3 is 3.21 bits per heavy atom. The first-order valence-electron chi connectivity index (χ1n) is 4.62. The number of rotatable bonds is 1. The summed E-state index contributed by atoms with van der Waals surface area (Å²) in [6, 6.07) is 1.68. The summed E-state index contributed by atoms with van der Waals surface area (Å²) in [6.07, 6.45) is 2.89. The Bertz CT molecular complexity index is 345. The van der Waals surface area contributed by atoms with Crippen molar-refractivity contribution in [3.8, 4) is 0 Å². The Balaban J connectivity index is 2.21. The lowest BCUT2D eigenvalue weighted by atomic mass is 9.85. The number of hydrogen-bond donors (Lipinski definition) is 1. The van der Waals surface area contributed by atoms with Crippen LogP contribution in [0.2, 0.25) is 0 Å². The SMILES string of the molecule is COC(=O)C1Cc2ccoc2C(N)C1. The molecule has 0 spiro atoms. The predicted octanol–water partition coefficient (Wildman–Crippen LogP) is 1.01. The third-order valence-corrected chi connectivity index (χ3v) is 2.66. The molecule has 14 heavy (non-hydrogen) atoms. The van der Waals surface area contributed by atoms with Gasteiger partial charge in [-0.1, -0.05) is 0 Å². The van der Waals surface area contributed by atoms with Gasteiger partial charge >= 0.3 is 5.97 Å². The maximum atomic E-state index is 11.3. The minimum absolute atomic E-state index is 0.125. The van der Waals surface area contributed by atoms with Gasteiger partial charge in [-0.05, 0) is 24.5 Å². The molecule has 2 atom stereocenters. The van der Waals surface area contributed by atoms with E-state index in [4.69, 9.17) is 14.9 Å². The van der Waals surface area contributed by atoms with Gasteiger partial charge < -0.3 is 14.9 Å². The second-order valence-corrected chi connectivity index (χ2v) is 3.58. The second kappa shape index (κ2) is 3.46. The molecule has 4 heteroatoms. The Morgan fingerprint density at radius 1 is 1.71 bits per heavy atom. The molecule has 0 radical (unpaired) electrons. The molecule has 0 bridgehead atoms. The summed E-state index contributed by atoms with van der Waals surface area (Å²) in [5.41, 5.74) is 6.90. The summed E-state index contributed by atoms with van der Waals surface area (Å²) in [6.45, 7) is 0. The van der Waals surface area contributed by atoms with Gasteiger partial charge in [0.25, 0.3) is 0 Å². The summed E-state index contributed by atoms with van der Waals surface area (Å²) in [7, 11) is 1.40. The zero-order valence-electron chi connectivity index (χ0n) is 8.03. The molecule has 1 aliphatic rings. The van der Waals surface area contributed by atoms with Crippen molar-refractivity contribution in [2.24, 2.45) is 11.7 Å². The normalized spacial score (nSPS) is 25.6. The molecule has 0 saturated carbocycles. The first-order valence-corrected chi connectivity index (χ1v) is 4.62. The first kappa shape index (κ1) is 9.27. The van der Waals surface area contributed by atoms with Gasteiger partial charge in [0.05, 0.1) is 25.3 Å². The van der Waals surface area contributed by atoms with Crippen LogP contribution in [-0.4, -0.2) is 13.1 Å². The monoisotopic (exact) mass is 195 g/mol. The minimum atomic E-state index is -0.188. The van der Waals surface area contributed by atoms with Crippen molar-refractivity contribution in [2.45, 2.75) is 18.9 Å². The van der Waals surface area contributed by atoms with Crippen LogP contribution in [0.3, 0.4) is 0 Å². The predicted molar refractivity (Wildman–Crippen MR) is 49.5 cm³/mol.